The summed E-state index contributed by atoms with van der Waals surface area (Å²) in [5, 5.41) is 0. The largest absolute Gasteiger partial charge is 0.497 e. The van der Waals surface area contributed by atoms with Crippen LogP contribution in [-0.4, -0.2) is 55.0 Å². The van der Waals surface area contributed by atoms with Crippen LogP contribution in [0.15, 0.2) is 54.6 Å². The molecule has 2 atom stereocenters. The van der Waals surface area contributed by atoms with E-state index >= 15 is 0 Å². The normalized spacial score (nSPS) is 21.3. The van der Waals surface area contributed by atoms with E-state index in [-0.39, 0.29) is 18.4 Å². The summed E-state index contributed by atoms with van der Waals surface area (Å²) < 4.78 is 10.9. The van der Waals surface area contributed by atoms with Gasteiger partial charge >= 0.3 is 0 Å². The topological polar surface area (TPSA) is 59.1 Å². The van der Waals surface area contributed by atoms with Gasteiger partial charge in [-0.3, -0.25) is 9.59 Å². The summed E-state index contributed by atoms with van der Waals surface area (Å²) in [6.07, 6.45) is 2.38. The van der Waals surface area contributed by atoms with Crippen molar-refractivity contribution in [3.63, 3.8) is 0 Å². The molecular formula is C25H30N2O4. The Balaban J connectivity index is 1.31. The molecule has 2 amide bonds. The number of hydrogen-bond donors (Lipinski definition) is 0. The molecule has 0 aliphatic carbocycles. The first-order valence-electron chi connectivity index (χ1n) is 11.0. The molecule has 2 heterocycles. The Morgan fingerprint density at radius 2 is 1.71 bits per heavy atom. The lowest BCUT2D eigenvalue weighted by atomic mass is 9.82. The molecule has 2 aliphatic heterocycles. The standard InChI is InChI=1S/C25H30N2O4/c1-30-22-9-7-19(8-10-22)16-26-14-12-21-17-27(13-11-20(21)15-24(26)28)25(29)18-31-23-5-3-2-4-6-23/h2-10,20-21H,11-18H2,1H3. The van der Waals surface area contributed by atoms with Crippen molar-refractivity contribution >= 4 is 11.8 Å². The maximum Gasteiger partial charge on any atom is 0.260 e. The van der Waals surface area contributed by atoms with Gasteiger partial charge in [0.25, 0.3) is 5.91 Å². The quantitative estimate of drug-likeness (QED) is 0.716. The van der Waals surface area contributed by atoms with Gasteiger partial charge in [0.2, 0.25) is 5.91 Å². The monoisotopic (exact) mass is 422 g/mol. The van der Waals surface area contributed by atoms with E-state index in [9.17, 15) is 9.59 Å². The highest BCUT2D eigenvalue weighted by Gasteiger charge is 2.36. The molecular weight excluding hydrogens is 392 g/mol. The molecule has 2 aromatic carbocycles. The summed E-state index contributed by atoms with van der Waals surface area (Å²) in [4.78, 5) is 29.4. The van der Waals surface area contributed by atoms with Crippen molar-refractivity contribution in [1.82, 2.24) is 9.80 Å². The third kappa shape index (κ3) is 5.37. The van der Waals surface area contributed by atoms with Gasteiger partial charge in [-0.1, -0.05) is 30.3 Å². The number of likely N-dealkylation sites (tertiary alicyclic amines) is 2. The highest BCUT2D eigenvalue weighted by molar-refractivity contribution is 5.78. The van der Waals surface area contributed by atoms with Crippen LogP contribution in [0.2, 0.25) is 0 Å². The van der Waals surface area contributed by atoms with Crippen molar-refractivity contribution < 1.29 is 19.1 Å². The minimum Gasteiger partial charge on any atom is -0.497 e. The predicted molar refractivity (Wildman–Crippen MR) is 118 cm³/mol. The summed E-state index contributed by atoms with van der Waals surface area (Å²) in [5.41, 5.74) is 1.11. The Labute approximate surface area is 183 Å². The molecule has 4 rings (SSSR count). The van der Waals surface area contributed by atoms with Gasteiger partial charge in [0.05, 0.1) is 7.11 Å². The molecule has 2 fully saturated rings. The van der Waals surface area contributed by atoms with Crippen molar-refractivity contribution in [2.45, 2.75) is 25.8 Å². The van der Waals surface area contributed by atoms with Gasteiger partial charge in [0, 0.05) is 32.6 Å². The smallest absolute Gasteiger partial charge is 0.260 e. The fourth-order valence-electron chi connectivity index (χ4n) is 4.57. The summed E-state index contributed by atoms with van der Waals surface area (Å²) in [7, 11) is 1.65. The van der Waals surface area contributed by atoms with Gasteiger partial charge in [-0.05, 0) is 54.5 Å². The lowest BCUT2D eigenvalue weighted by Gasteiger charge is -2.37. The Morgan fingerprint density at radius 1 is 0.968 bits per heavy atom. The van der Waals surface area contributed by atoms with Crippen LogP contribution < -0.4 is 9.47 Å². The van der Waals surface area contributed by atoms with Crippen molar-refractivity contribution in [3.05, 3.63) is 60.2 Å². The van der Waals surface area contributed by atoms with Crippen molar-refractivity contribution in [2.75, 3.05) is 33.4 Å². The van der Waals surface area contributed by atoms with Gasteiger partial charge in [-0.2, -0.15) is 0 Å². The highest BCUT2D eigenvalue weighted by Crippen LogP contribution is 2.33. The fraction of sp³-hybridized carbons (Fsp3) is 0.440. The third-order valence-corrected chi connectivity index (χ3v) is 6.44. The average molecular weight is 423 g/mol. The molecule has 31 heavy (non-hydrogen) atoms. The molecule has 0 N–H and O–H groups in total. The number of benzene rings is 2. The number of ether oxygens (including phenoxy) is 2. The Bertz CT molecular complexity index is 884. The molecule has 0 aromatic heterocycles. The van der Waals surface area contributed by atoms with E-state index in [2.05, 4.69) is 0 Å². The molecule has 6 nitrogen and oxygen atoms in total. The number of piperidine rings is 1. The van der Waals surface area contributed by atoms with Gasteiger partial charge in [0.15, 0.2) is 6.61 Å². The van der Waals surface area contributed by atoms with Crippen LogP contribution in [0, 0.1) is 11.8 Å². The number of carbonyl (C=O) groups is 2. The second-order valence-electron chi connectivity index (χ2n) is 8.41. The van der Waals surface area contributed by atoms with Crippen molar-refractivity contribution in [1.29, 1.82) is 0 Å². The number of methoxy groups -OCH3 is 1. The second kappa shape index (κ2) is 9.86. The average Bonchev–Trinajstić information content (AvgIpc) is 2.96. The van der Waals surface area contributed by atoms with Crippen molar-refractivity contribution in [2.24, 2.45) is 11.8 Å². The summed E-state index contributed by atoms with van der Waals surface area (Å²) >= 11 is 0. The maximum absolute atomic E-state index is 12.9. The first kappa shape index (κ1) is 21.2. The number of hydrogen-bond acceptors (Lipinski definition) is 4. The fourth-order valence-corrected chi connectivity index (χ4v) is 4.57. The SMILES string of the molecule is COc1ccc(CN2CCC3CN(C(=O)COc4ccccc4)CCC3CC2=O)cc1. The summed E-state index contributed by atoms with van der Waals surface area (Å²) in [5.74, 6) is 2.48. The lowest BCUT2D eigenvalue weighted by molar-refractivity contribution is -0.136. The number of amides is 2. The zero-order valence-corrected chi connectivity index (χ0v) is 18.0. The molecule has 0 bridgehead atoms. The zero-order chi connectivity index (χ0) is 21.6. The molecule has 0 saturated carbocycles. The van der Waals surface area contributed by atoms with E-state index in [1.165, 1.54) is 0 Å². The van der Waals surface area contributed by atoms with Gasteiger partial charge in [-0.25, -0.2) is 0 Å². The molecule has 0 spiro atoms. The van der Waals surface area contributed by atoms with E-state index < -0.39 is 0 Å². The minimum absolute atomic E-state index is 0.0213. The molecule has 2 aromatic rings. The molecule has 0 radical (unpaired) electrons. The van der Waals surface area contributed by atoms with Crippen LogP contribution in [-0.2, 0) is 16.1 Å². The lowest BCUT2D eigenvalue weighted by Crippen LogP contribution is -2.45. The first-order chi connectivity index (χ1) is 15.1. The number of para-hydroxylation sites is 1. The third-order valence-electron chi connectivity index (χ3n) is 6.44. The van der Waals surface area contributed by atoms with Crippen LogP contribution in [0.1, 0.15) is 24.8 Å². The van der Waals surface area contributed by atoms with Crippen LogP contribution >= 0.6 is 0 Å². The Hall–Kier alpha value is -3.02. The van der Waals surface area contributed by atoms with E-state index in [0.29, 0.717) is 43.6 Å². The Morgan fingerprint density at radius 3 is 2.45 bits per heavy atom. The Kier molecular flexibility index (Phi) is 6.75. The van der Waals surface area contributed by atoms with Crippen LogP contribution in [0.5, 0.6) is 11.5 Å². The number of rotatable bonds is 6. The maximum atomic E-state index is 12.9. The van der Waals surface area contributed by atoms with Gasteiger partial charge < -0.3 is 19.3 Å². The second-order valence-corrected chi connectivity index (χ2v) is 8.41. The number of fused-ring (bicyclic) bond motifs is 1. The molecule has 2 aliphatic rings. The predicted octanol–water partition coefficient (Wildman–Crippen LogP) is 3.36. The highest BCUT2D eigenvalue weighted by atomic mass is 16.5. The molecule has 164 valence electrons. The molecule has 2 saturated heterocycles. The first-order valence-corrected chi connectivity index (χ1v) is 11.0. The van der Waals surface area contributed by atoms with Crippen LogP contribution in [0.25, 0.3) is 0 Å². The van der Waals surface area contributed by atoms with Crippen LogP contribution in [0.4, 0.5) is 0 Å². The summed E-state index contributed by atoms with van der Waals surface area (Å²) in [6.45, 7) is 2.82. The van der Waals surface area contributed by atoms with E-state index in [0.717, 1.165) is 30.7 Å². The zero-order valence-electron chi connectivity index (χ0n) is 18.0. The van der Waals surface area contributed by atoms with E-state index in [1.807, 2.05) is 64.4 Å². The van der Waals surface area contributed by atoms with Gasteiger partial charge in [-0.15, -0.1) is 0 Å². The van der Waals surface area contributed by atoms with Crippen LogP contribution in [0.3, 0.4) is 0 Å². The molecule has 2 unspecified atom stereocenters. The number of carbonyl (C=O) groups excluding carboxylic acids is 2. The van der Waals surface area contributed by atoms with E-state index in [1.54, 1.807) is 7.11 Å². The van der Waals surface area contributed by atoms with Crippen molar-refractivity contribution in [3.8, 4) is 11.5 Å². The minimum atomic E-state index is 0.0213. The van der Waals surface area contributed by atoms with E-state index in [4.69, 9.17) is 9.47 Å². The van der Waals surface area contributed by atoms with Gasteiger partial charge in [0.1, 0.15) is 11.5 Å². The molecule has 6 heteroatoms. The number of nitrogens with zero attached hydrogens (tertiary/aromatic N) is 2. The summed E-state index contributed by atoms with van der Waals surface area (Å²) in [6, 6.07) is 17.3.